The van der Waals surface area contributed by atoms with Gasteiger partial charge in [0.05, 0.1) is 11.9 Å². The van der Waals surface area contributed by atoms with E-state index in [0.29, 0.717) is 5.69 Å². The van der Waals surface area contributed by atoms with E-state index in [0.717, 1.165) is 16.8 Å². The molecular formula is C14H11N3O3. The Hall–Kier alpha value is -2.89. The van der Waals surface area contributed by atoms with Crippen LogP contribution < -0.4 is 0 Å². The molecule has 0 radical (unpaired) electrons. The molecule has 0 aliphatic carbocycles. The lowest BCUT2D eigenvalue weighted by Gasteiger charge is -2.06. The molecule has 0 saturated heterocycles. The van der Waals surface area contributed by atoms with E-state index in [1.165, 1.54) is 6.07 Å². The molecule has 0 aliphatic rings. The molecular weight excluding hydrogens is 258 g/mol. The Morgan fingerprint density at radius 2 is 2.15 bits per heavy atom. The second-order valence-electron chi connectivity index (χ2n) is 4.36. The summed E-state index contributed by atoms with van der Waals surface area (Å²) in [7, 11) is 0. The monoisotopic (exact) mass is 269 g/mol. The molecule has 0 amide bonds. The average Bonchev–Trinajstić information content (AvgIpc) is 3.07. The number of hydrogen-bond donors (Lipinski definition) is 1. The SMILES string of the molecule is Cc1cnn(-c2ccccc2-c2cc(C(=O)O)on2)c1. The number of carboxylic acids is 1. The summed E-state index contributed by atoms with van der Waals surface area (Å²) in [6.07, 6.45) is 3.64. The first kappa shape index (κ1) is 12.2. The molecule has 0 atom stereocenters. The number of aromatic carboxylic acids is 1. The smallest absolute Gasteiger partial charge is 0.374 e. The molecule has 2 heterocycles. The predicted molar refractivity (Wildman–Crippen MR) is 70.8 cm³/mol. The Bertz CT molecular complexity index is 773. The fourth-order valence-electron chi connectivity index (χ4n) is 1.94. The molecule has 0 aliphatic heterocycles. The first-order valence-corrected chi connectivity index (χ1v) is 5.96. The van der Waals surface area contributed by atoms with Gasteiger partial charge in [0.25, 0.3) is 0 Å². The van der Waals surface area contributed by atoms with Gasteiger partial charge in [-0.15, -0.1) is 0 Å². The zero-order chi connectivity index (χ0) is 14.1. The lowest BCUT2D eigenvalue weighted by molar-refractivity contribution is 0.0652. The van der Waals surface area contributed by atoms with Crippen molar-refractivity contribution in [3.05, 3.63) is 54.0 Å². The predicted octanol–water partition coefficient (Wildman–Crippen LogP) is 2.53. The van der Waals surface area contributed by atoms with Gasteiger partial charge in [-0.2, -0.15) is 5.10 Å². The van der Waals surface area contributed by atoms with Crippen LogP contribution in [-0.2, 0) is 0 Å². The van der Waals surface area contributed by atoms with Crippen LogP contribution in [0.5, 0.6) is 0 Å². The number of rotatable bonds is 3. The lowest BCUT2D eigenvalue weighted by Crippen LogP contribution is -1.97. The standard InChI is InChI=1S/C14H11N3O3/c1-9-7-15-17(8-9)12-5-3-2-4-10(12)11-6-13(14(18)19)20-16-11/h2-8H,1H3,(H,18,19). The molecule has 6 heteroatoms. The van der Waals surface area contributed by atoms with Crippen LogP contribution in [0, 0.1) is 6.92 Å². The Morgan fingerprint density at radius 1 is 1.35 bits per heavy atom. The number of aryl methyl sites for hydroxylation is 1. The third-order valence-corrected chi connectivity index (χ3v) is 2.86. The van der Waals surface area contributed by atoms with Gasteiger partial charge in [0, 0.05) is 17.8 Å². The highest BCUT2D eigenvalue weighted by molar-refractivity contribution is 5.86. The highest BCUT2D eigenvalue weighted by atomic mass is 16.5. The molecule has 2 aromatic heterocycles. The Morgan fingerprint density at radius 3 is 2.80 bits per heavy atom. The van der Waals surface area contributed by atoms with Crippen molar-refractivity contribution in [2.24, 2.45) is 0 Å². The molecule has 0 fully saturated rings. The Labute approximate surface area is 114 Å². The molecule has 0 bridgehead atoms. The van der Waals surface area contributed by atoms with E-state index in [9.17, 15) is 4.79 Å². The minimum atomic E-state index is -1.14. The highest BCUT2D eigenvalue weighted by Gasteiger charge is 2.15. The van der Waals surface area contributed by atoms with Crippen molar-refractivity contribution in [3.8, 4) is 16.9 Å². The van der Waals surface area contributed by atoms with Gasteiger partial charge < -0.3 is 9.63 Å². The molecule has 0 saturated carbocycles. The van der Waals surface area contributed by atoms with Gasteiger partial charge >= 0.3 is 5.97 Å². The van der Waals surface area contributed by atoms with Gasteiger partial charge in [-0.3, -0.25) is 0 Å². The summed E-state index contributed by atoms with van der Waals surface area (Å²) in [6, 6.07) is 8.86. The van der Waals surface area contributed by atoms with E-state index in [1.54, 1.807) is 10.9 Å². The zero-order valence-corrected chi connectivity index (χ0v) is 10.6. The number of benzene rings is 1. The number of nitrogens with zero attached hydrogens (tertiary/aromatic N) is 3. The van der Waals surface area contributed by atoms with Crippen molar-refractivity contribution in [1.82, 2.24) is 14.9 Å². The van der Waals surface area contributed by atoms with E-state index in [4.69, 9.17) is 9.63 Å². The molecule has 100 valence electrons. The fourth-order valence-corrected chi connectivity index (χ4v) is 1.94. The largest absolute Gasteiger partial charge is 0.475 e. The van der Waals surface area contributed by atoms with E-state index in [-0.39, 0.29) is 5.76 Å². The first-order valence-electron chi connectivity index (χ1n) is 5.96. The van der Waals surface area contributed by atoms with E-state index < -0.39 is 5.97 Å². The third-order valence-electron chi connectivity index (χ3n) is 2.86. The minimum Gasteiger partial charge on any atom is -0.475 e. The maximum absolute atomic E-state index is 10.9. The van der Waals surface area contributed by atoms with Crippen LogP contribution in [-0.4, -0.2) is 26.0 Å². The van der Waals surface area contributed by atoms with Crippen LogP contribution in [0.3, 0.4) is 0 Å². The van der Waals surface area contributed by atoms with E-state index >= 15 is 0 Å². The minimum absolute atomic E-state index is 0.188. The fraction of sp³-hybridized carbons (Fsp3) is 0.0714. The van der Waals surface area contributed by atoms with Crippen LogP contribution in [0.15, 0.2) is 47.2 Å². The number of aromatic nitrogens is 3. The van der Waals surface area contributed by atoms with Gasteiger partial charge in [-0.25, -0.2) is 9.48 Å². The second-order valence-corrected chi connectivity index (χ2v) is 4.36. The lowest BCUT2D eigenvalue weighted by atomic mass is 10.1. The highest BCUT2D eigenvalue weighted by Crippen LogP contribution is 2.26. The topological polar surface area (TPSA) is 81.2 Å². The Kier molecular flexibility index (Phi) is 2.83. The summed E-state index contributed by atoms with van der Waals surface area (Å²) in [5, 5.41) is 16.9. The van der Waals surface area contributed by atoms with Gasteiger partial charge in [0.15, 0.2) is 0 Å². The van der Waals surface area contributed by atoms with Gasteiger partial charge in [-0.05, 0) is 18.6 Å². The first-order chi connectivity index (χ1) is 9.65. The van der Waals surface area contributed by atoms with Crippen LogP contribution in [0.2, 0.25) is 0 Å². The molecule has 0 unspecified atom stereocenters. The quantitative estimate of drug-likeness (QED) is 0.790. The van der Waals surface area contributed by atoms with Crippen LogP contribution in [0.1, 0.15) is 16.1 Å². The van der Waals surface area contributed by atoms with Gasteiger partial charge in [0.2, 0.25) is 5.76 Å². The van der Waals surface area contributed by atoms with Crippen molar-refractivity contribution in [2.45, 2.75) is 6.92 Å². The summed E-state index contributed by atoms with van der Waals surface area (Å²) in [4.78, 5) is 10.9. The average molecular weight is 269 g/mol. The van der Waals surface area contributed by atoms with Crippen molar-refractivity contribution in [2.75, 3.05) is 0 Å². The number of carboxylic acid groups (broad SMARTS) is 1. The molecule has 20 heavy (non-hydrogen) atoms. The van der Waals surface area contributed by atoms with Gasteiger partial charge in [-0.1, -0.05) is 23.4 Å². The number of para-hydroxylation sites is 1. The number of carbonyl (C=O) groups is 1. The Balaban J connectivity index is 2.11. The van der Waals surface area contributed by atoms with Crippen molar-refractivity contribution in [1.29, 1.82) is 0 Å². The summed E-state index contributed by atoms with van der Waals surface area (Å²) in [5.74, 6) is -1.33. The van der Waals surface area contributed by atoms with E-state index in [1.807, 2.05) is 37.4 Å². The van der Waals surface area contributed by atoms with E-state index in [2.05, 4.69) is 10.3 Å². The summed E-state index contributed by atoms with van der Waals surface area (Å²) in [5.41, 5.74) is 3.06. The van der Waals surface area contributed by atoms with Crippen molar-refractivity contribution in [3.63, 3.8) is 0 Å². The molecule has 1 aromatic carbocycles. The normalized spacial score (nSPS) is 10.7. The second kappa shape index (κ2) is 4.65. The third kappa shape index (κ3) is 2.07. The van der Waals surface area contributed by atoms with Crippen LogP contribution >= 0.6 is 0 Å². The summed E-state index contributed by atoms with van der Waals surface area (Å²) in [6.45, 7) is 1.95. The van der Waals surface area contributed by atoms with Gasteiger partial charge in [0.1, 0.15) is 5.69 Å². The van der Waals surface area contributed by atoms with Crippen LogP contribution in [0.25, 0.3) is 16.9 Å². The molecule has 0 spiro atoms. The maximum atomic E-state index is 10.9. The maximum Gasteiger partial charge on any atom is 0.374 e. The van der Waals surface area contributed by atoms with Crippen molar-refractivity contribution < 1.29 is 14.4 Å². The zero-order valence-electron chi connectivity index (χ0n) is 10.6. The molecule has 6 nitrogen and oxygen atoms in total. The molecule has 1 N–H and O–H groups in total. The summed E-state index contributed by atoms with van der Waals surface area (Å²) >= 11 is 0. The molecule has 3 aromatic rings. The molecule has 3 rings (SSSR count). The summed E-state index contributed by atoms with van der Waals surface area (Å²) < 4.78 is 6.52. The number of hydrogen-bond acceptors (Lipinski definition) is 4. The van der Waals surface area contributed by atoms with Crippen LogP contribution in [0.4, 0.5) is 0 Å². The van der Waals surface area contributed by atoms with Crippen molar-refractivity contribution >= 4 is 5.97 Å².